The summed E-state index contributed by atoms with van der Waals surface area (Å²) in [5.74, 6) is 1.51. The quantitative estimate of drug-likeness (QED) is 0.449. The van der Waals surface area contributed by atoms with Gasteiger partial charge in [-0.25, -0.2) is 4.98 Å². The van der Waals surface area contributed by atoms with Crippen LogP contribution in [0.2, 0.25) is 0 Å². The maximum Gasteiger partial charge on any atom is 0.258 e. The van der Waals surface area contributed by atoms with E-state index >= 15 is 0 Å². The molecule has 4 aromatic rings. The third-order valence-corrected chi connectivity index (χ3v) is 6.90. The van der Waals surface area contributed by atoms with Crippen LogP contribution < -0.4 is 10.5 Å². The van der Waals surface area contributed by atoms with Crippen molar-refractivity contribution in [3.05, 3.63) is 70.3 Å². The Kier molecular flexibility index (Phi) is 5.70. The molecule has 1 aliphatic heterocycles. The van der Waals surface area contributed by atoms with E-state index in [1.54, 1.807) is 17.8 Å². The molecule has 0 spiro atoms. The molecule has 7 nitrogen and oxygen atoms in total. The number of anilines is 1. The number of piperidine rings is 1. The molecule has 2 aromatic heterocycles. The second-order valence-electron chi connectivity index (χ2n) is 8.23. The number of nitrogens with one attached hydrogen (secondary N) is 1. The molecular weight excluding hydrogens is 420 g/mol. The molecular formula is C24H26N6OS. The van der Waals surface area contributed by atoms with Crippen LogP contribution in [0.25, 0.3) is 16.6 Å². The van der Waals surface area contributed by atoms with Crippen molar-refractivity contribution in [2.75, 3.05) is 18.0 Å². The lowest BCUT2D eigenvalue weighted by atomic mass is 10.1. The highest BCUT2D eigenvalue weighted by Gasteiger charge is 2.24. The Bertz CT molecular complexity index is 1290. The van der Waals surface area contributed by atoms with Gasteiger partial charge >= 0.3 is 0 Å². The molecule has 0 radical (unpaired) electrons. The van der Waals surface area contributed by atoms with Gasteiger partial charge in [-0.05, 0) is 57.4 Å². The predicted molar refractivity (Wildman–Crippen MR) is 129 cm³/mol. The average Bonchev–Trinajstić information content (AvgIpc) is 3.23. The van der Waals surface area contributed by atoms with Gasteiger partial charge in [0.1, 0.15) is 5.82 Å². The molecule has 1 fully saturated rings. The SMILES string of the molecule is Cc1ccc(-n2c(SC(C)c3nc4ccccc4c(=O)[nH]3)nnc2N2CCCCC2)cc1. The topological polar surface area (TPSA) is 79.7 Å². The Morgan fingerprint density at radius 3 is 2.53 bits per heavy atom. The minimum atomic E-state index is -0.118. The number of aromatic amines is 1. The molecule has 164 valence electrons. The fraction of sp³-hybridized carbons (Fsp3) is 0.333. The van der Waals surface area contributed by atoms with Crippen LogP contribution in [0.4, 0.5) is 5.95 Å². The monoisotopic (exact) mass is 446 g/mol. The van der Waals surface area contributed by atoms with Gasteiger partial charge in [-0.15, -0.1) is 10.2 Å². The van der Waals surface area contributed by atoms with Crippen molar-refractivity contribution >= 4 is 28.6 Å². The number of hydrogen-bond donors (Lipinski definition) is 1. The van der Waals surface area contributed by atoms with Crippen LogP contribution in [-0.2, 0) is 0 Å². The highest BCUT2D eigenvalue weighted by Crippen LogP contribution is 2.36. The number of aromatic nitrogens is 5. The van der Waals surface area contributed by atoms with Gasteiger partial charge in [-0.1, -0.05) is 41.6 Å². The van der Waals surface area contributed by atoms with Crippen molar-refractivity contribution < 1.29 is 0 Å². The third kappa shape index (κ3) is 4.02. The van der Waals surface area contributed by atoms with E-state index in [2.05, 4.69) is 55.8 Å². The zero-order valence-corrected chi connectivity index (χ0v) is 19.1. The van der Waals surface area contributed by atoms with E-state index in [1.807, 2.05) is 25.1 Å². The van der Waals surface area contributed by atoms with Crippen molar-refractivity contribution in [2.45, 2.75) is 43.5 Å². The number of rotatable bonds is 5. The van der Waals surface area contributed by atoms with Crippen LogP contribution in [0.5, 0.6) is 0 Å². The standard InChI is InChI=1S/C24H26N6OS/c1-16-10-12-18(13-11-16)30-23(29-14-6-3-7-15-29)27-28-24(30)32-17(2)21-25-20-9-5-4-8-19(20)22(31)26-21/h4-5,8-13,17H,3,6-7,14-15H2,1-2H3,(H,25,26,31). The van der Waals surface area contributed by atoms with Gasteiger partial charge in [0.15, 0.2) is 5.16 Å². The number of para-hydroxylation sites is 1. The van der Waals surface area contributed by atoms with Crippen molar-refractivity contribution in [3.8, 4) is 5.69 Å². The summed E-state index contributed by atoms with van der Waals surface area (Å²) in [7, 11) is 0. The summed E-state index contributed by atoms with van der Waals surface area (Å²) in [6.07, 6.45) is 3.60. The van der Waals surface area contributed by atoms with Gasteiger partial charge in [0.05, 0.1) is 21.8 Å². The van der Waals surface area contributed by atoms with Gasteiger partial charge in [-0.2, -0.15) is 0 Å². The van der Waals surface area contributed by atoms with Crippen molar-refractivity contribution in [1.82, 2.24) is 24.7 Å². The molecule has 2 aromatic carbocycles. The molecule has 1 aliphatic rings. The first-order valence-corrected chi connectivity index (χ1v) is 11.9. The molecule has 1 N–H and O–H groups in total. The highest BCUT2D eigenvalue weighted by molar-refractivity contribution is 7.99. The van der Waals surface area contributed by atoms with Gasteiger partial charge in [0.2, 0.25) is 5.95 Å². The van der Waals surface area contributed by atoms with Crippen molar-refractivity contribution in [3.63, 3.8) is 0 Å². The zero-order chi connectivity index (χ0) is 22.1. The normalized spacial score (nSPS) is 15.2. The molecule has 1 saturated heterocycles. The molecule has 5 rings (SSSR count). The predicted octanol–water partition coefficient (Wildman–Crippen LogP) is 4.66. The lowest BCUT2D eigenvalue weighted by molar-refractivity contribution is 0.564. The van der Waals surface area contributed by atoms with E-state index in [1.165, 1.54) is 24.8 Å². The largest absolute Gasteiger partial charge is 0.341 e. The van der Waals surface area contributed by atoms with Crippen LogP contribution in [0.15, 0.2) is 58.5 Å². The molecule has 1 atom stereocenters. The van der Waals surface area contributed by atoms with E-state index < -0.39 is 0 Å². The number of hydrogen-bond acceptors (Lipinski definition) is 6. The first-order chi connectivity index (χ1) is 15.6. The summed E-state index contributed by atoms with van der Waals surface area (Å²) < 4.78 is 2.13. The molecule has 1 unspecified atom stereocenters. The fourth-order valence-electron chi connectivity index (χ4n) is 4.07. The summed E-state index contributed by atoms with van der Waals surface area (Å²) in [5, 5.41) is 10.4. The van der Waals surface area contributed by atoms with Crippen LogP contribution in [0.3, 0.4) is 0 Å². The Labute approximate surface area is 190 Å². The van der Waals surface area contributed by atoms with Crippen molar-refractivity contribution in [2.24, 2.45) is 0 Å². The number of thioether (sulfide) groups is 1. The van der Waals surface area contributed by atoms with E-state index in [9.17, 15) is 4.79 Å². The molecule has 0 bridgehead atoms. The Morgan fingerprint density at radius 1 is 1.00 bits per heavy atom. The van der Waals surface area contributed by atoms with Crippen molar-refractivity contribution in [1.29, 1.82) is 0 Å². The van der Waals surface area contributed by atoms with Crippen LogP contribution in [-0.4, -0.2) is 37.8 Å². The summed E-state index contributed by atoms with van der Waals surface area (Å²) in [5.41, 5.74) is 2.83. The van der Waals surface area contributed by atoms with Gasteiger partial charge in [0.25, 0.3) is 5.56 Å². The summed E-state index contributed by atoms with van der Waals surface area (Å²) in [4.78, 5) is 22.5. The number of fused-ring (bicyclic) bond motifs is 1. The summed E-state index contributed by atoms with van der Waals surface area (Å²) >= 11 is 1.55. The Balaban J connectivity index is 1.52. The summed E-state index contributed by atoms with van der Waals surface area (Å²) in [6, 6.07) is 15.8. The van der Waals surface area contributed by atoms with E-state index in [0.717, 1.165) is 29.9 Å². The first kappa shape index (κ1) is 20.8. The van der Waals surface area contributed by atoms with Crippen LogP contribution in [0.1, 0.15) is 42.8 Å². The maximum atomic E-state index is 12.5. The smallest absolute Gasteiger partial charge is 0.258 e. The Morgan fingerprint density at radius 2 is 1.75 bits per heavy atom. The summed E-state index contributed by atoms with van der Waals surface area (Å²) in [6.45, 7) is 6.10. The van der Waals surface area contributed by atoms with E-state index in [-0.39, 0.29) is 10.8 Å². The van der Waals surface area contributed by atoms with Crippen LogP contribution >= 0.6 is 11.8 Å². The van der Waals surface area contributed by atoms with E-state index in [0.29, 0.717) is 16.7 Å². The van der Waals surface area contributed by atoms with Gasteiger partial charge < -0.3 is 9.88 Å². The third-order valence-electron chi connectivity index (χ3n) is 5.85. The highest BCUT2D eigenvalue weighted by atomic mass is 32.2. The molecule has 0 saturated carbocycles. The average molecular weight is 447 g/mol. The molecule has 32 heavy (non-hydrogen) atoms. The lowest BCUT2D eigenvalue weighted by Gasteiger charge is -2.28. The van der Waals surface area contributed by atoms with Gasteiger partial charge in [0, 0.05) is 13.1 Å². The second kappa shape index (κ2) is 8.78. The molecule has 8 heteroatoms. The Hall–Kier alpha value is -3.13. The lowest BCUT2D eigenvalue weighted by Crippen LogP contribution is -2.31. The van der Waals surface area contributed by atoms with Gasteiger partial charge in [-0.3, -0.25) is 9.36 Å². The number of nitrogens with zero attached hydrogens (tertiary/aromatic N) is 5. The fourth-order valence-corrected chi connectivity index (χ4v) is 4.99. The maximum absolute atomic E-state index is 12.5. The molecule has 0 aliphatic carbocycles. The van der Waals surface area contributed by atoms with E-state index in [4.69, 9.17) is 4.98 Å². The minimum Gasteiger partial charge on any atom is -0.341 e. The number of H-pyrrole nitrogens is 1. The number of aryl methyl sites for hydroxylation is 1. The minimum absolute atomic E-state index is 0.102. The first-order valence-electron chi connectivity index (χ1n) is 11.0. The number of benzene rings is 2. The molecule has 3 heterocycles. The molecule has 0 amide bonds. The second-order valence-corrected chi connectivity index (χ2v) is 9.54. The zero-order valence-electron chi connectivity index (χ0n) is 18.3. The van der Waals surface area contributed by atoms with Crippen LogP contribution in [0, 0.1) is 6.92 Å².